The number of aromatic nitrogens is 1. The van der Waals surface area contributed by atoms with Gasteiger partial charge < -0.3 is 9.30 Å². The molecule has 0 radical (unpaired) electrons. The van der Waals surface area contributed by atoms with Crippen LogP contribution >= 0.6 is 0 Å². The third kappa shape index (κ3) is 4.05. The zero-order valence-corrected chi connectivity index (χ0v) is 17.5. The fourth-order valence-corrected chi connectivity index (χ4v) is 3.72. The van der Waals surface area contributed by atoms with Crippen LogP contribution < -0.4 is 10.2 Å². The molecule has 4 rings (SSSR count). The van der Waals surface area contributed by atoms with E-state index in [9.17, 15) is 9.18 Å². The molecule has 1 aromatic heterocycles. The van der Waals surface area contributed by atoms with E-state index in [1.807, 2.05) is 60.9 Å². The lowest BCUT2D eigenvalue weighted by Gasteiger charge is -2.10. The van der Waals surface area contributed by atoms with Crippen LogP contribution in [0.1, 0.15) is 27.3 Å². The Morgan fingerprint density at radius 3 is 2.48 bits per heavy atom. The minimum atomic E-state index is -0.363. The normalized spacial score (nSPS) is 11.2. The number of hydrogen-bond acceptors (Lipinski definition) is 3. The molecule has 0 atom stereocenters. The Bertz CT molecular complexity index is 1310. The highest BCUT2D eigenvalue weighted by molar-refractivity contribution is 6.02. The summed E-state index contributed by atoms with van der Waals surface area (Å²) in [6, 6.07) is 19.7. The maximum Gasteiger partial charge on any atom is 0.275 e. The van der Waals surface area contributed by atoms with E-state index in [0.29, 0.717) is 11.3 Å². The first-order valence-corrected chi connectivity index (χ1v) is 9.83. The second-order valence-electron chi connectivity index (χ2n) is 7.24. The number of hydrazone groups is 1. The second-order valence-corrected chi connectivity index (χ2v) is 7.24. The topological polar surface area (TPSA) is 55.6 Å². The van der Waals surface area contributed by atoms with Crippen molar-refractivity contribution in [3.63, 3.8) is 0 Å². The summed E-state index contributed by atoms with van der Waals surface area (Å²) in [5, 5.41) is 6.06. The van der Waals surface area contributed by atoms with Crippen LogP contribution in [0, 0.1) is 19.7 Å². The summed E-state index contributed by atoms with van der Waals surface area (Å²) in [7, 11) is 1.53. The summed E-state index contributed by atoms with van der Waals surface area (Å²) in [4.78, 5) is 12.7. The van der Waals surface area contributed by atoms with Gasteiger partial charge in [-0.2, -0.15) is 5.10 Å². The van der Waals surface area contributed by atoms with Gasteiger partial charge in [0.2, 0.25) is 0 Å². The van der Waals surface area contributed by atoms with Crippen LogP contribution in [0.15, 0.2) is 71.8 Å². The molecule has 1 heterocycles. The number of fused-ring (bicyclic) bond motifs is 1. The molecule has 5 nitrogen and oxygen atoms in total. The fraction of sp³-hybridized carbons (Fsp3) is 0.120. The molecule has 3 aromatic carbocycles. The molecule has 1 amide bonds. The van der Waals surface area contributed by atoms with Crippen LogP contribution in [0.4, 0.5) is 4.39 Å². The lowest BCUT2D eigenvalue weighted by atomic mass is 10.1. The van der Waals surface area contributed by atoms with Gasteiger partial charge in [0.1, 0.15) is 11.6 Å². The van der Waals surface area contributed by atoms with Crippen molar-refractivity contribution in [2.24, 2.45) is 5.10 Å². The van der Waals surface area contributed by atoms with Gasteiger partial charge in [-0.25, -0.2) is 9.82 Å². The average molecular weight is 415 g/mol. The van der Waals surface area contributed by atoms with E-state index in [2.05, 4.69) is 10.5 Å². The Hall–Kier alpha value is -3.93. The highest BCUT2D eigenvalue weighted by Crippen LogP contribution is 2.26. The monoisotopic (exact) mass is 415 g/mol. The molecular weight excluding hydrogens is 393 g/mol. The number of benzene rings is 3. The molecule has 0 unspecified atom stereocenters. The minimum absolute atomic E-state index is 0.295. The average Bonchev–Trinajstić information content (AvgIpc) is 3.05. The number of nitrogens with zero attached hydrogens (tertiary/aromatic N) is 2. The van der Waals surface area contributed by atoms with Crippen molar-refractivity contribution in [2.75, 3.05) is 7.11 Å². The predicted molar refractivity (Wildman–Crippen MR) is 121 cm³/mol. The number of ether oxygens (including phenoxy) is 1. The van der Waals surface area contributed by atoms with E-state index < -0.39 is 0 Å². The quantitative estimate of drug-likeness (QED) is 0.362. The summed E-state index contributed by atoms with van der Waals surface area (Å²) >= 11 is 0. The summed E-state index contributed by atoms with van der Waals surface area (Å²) < 4.78 is 21.0. The molecule has 1 N–H and O–H groups in total. The number of aryl methyl sites for hydroxylation is 1. The van der Waals surface area contributed by atoms with Crippen molar-refractivity contribution in [2.45, 2.75) is 13.8 Å². The summed E-state index contributed by atoms with van der Waals surface area (Å²) in [5.74, 6) is -0.176. The molecule has 0 aliphatic carbocycles. The Balaban J connectivity index is 1.57. The van der Waals surface area contributed by atoms with Crippen LogP contribution in [-0.4, -0.2) is 23.8 Å². The molecule has 4 aromatic rings. The highest BCUT2D eigenvalue weighted by atomic mass is 19.1. The maximum atomic E-state index is 13.6. The van der Waals surface area contributed by atoms with E-state index in [1.165, 1.54) is 19.2 Å². The van der Waals surface area contributed by atoms with Crippen LogP contribution in [0.25, 0.3) is 16.5 Å². The molecule has 0 bridgehead atoms. The minimum Gasteiger partial charge on any atom is -0.496 e. The molecule has 6 heteroatoms. The van der Waals surface area contributed by atoms with Gasteiger partial charge in [0.05, 0.1) is 18.9 Å². The zero-order valence-electron chi connectivity index (χ0n) is 17.5. The number of rotatable bonds is 5. The van der Waals surface area contributed by atoms with E-state index in [1.54, 1.807) is 18.3 Å². The van der Waals surface area contributed by atoms with Gasteiger partial charge in [-0.15, -0.1) is 0 Å². The lowest BCUT2D eigenvalue weighted by molar-refractivity contribution is 0.0952. The molecule has 0 aliphatic rings. The predicted octanol–water partition coefficient (Wildman–Crippen LogP) is 5.16. The number of carbonyl (C=O) groups is 1. The Labute approximate surface area is 179 Å². The van der Waals surface area contributed by atoms with Crippen molar-refractivity contribution >= 4 is 22.9 Å². The first-order valence-electron chi connectivity index (χ1n) is 9.83. The van der Waals surface area contributed by atoms with Crippen LogP contribution in [0.2, 0.25) is 0 Å². The highest BCUT2D eigenvalue weighted by Gasteiger charge is 2.14. The maximum absolute atomic E-state index is 13.6. The fourth-order valence-electron chi connectivity index (χ4n) is 3.72. The Morgan fingerprint density at radius 2 is 1.77 bits per heavy atom. The van der Waals surface area contributed by atoms with Gasteiger partial charge in [0.15, 0.2) is 0 Å². The number of halogens is 1. The van der Waals surface area contributed by atoms with Gasteiger partial charge in [0, 0.05) is 22.6 Å². The largest absolute Gasteiger partial charge is 0.496 e. The SMILES string of the molecule is COc1cc2ccccc2cc1C(=O)N/N=C\c1cc(C)n(-c2cccc(F)c2)c1C. The molecule has 0 aliphatic heterocycles. The van der Waals surface area contributed by atoms with Crippen LogP contribution in [0.5, 0.6) is 5.75 Å². The molecule has 0 saturated carbocycles. The van der Waals surface area contributed by atoms with E-state index in [4.69, 9.17) is 4.74 Å². The first-order chi connectivity index (χ1) is 15.0. The Morgan fingerprint density at radius 1 is 1.03 bits per heavy atom. The third-order valence-electron chi connectivity index (χ3n) is 5.22. The number of amides is 1. The van der Waals surface area contributed by atoms with Crippen molar-refractivity contribution in [3.05, 3.63) is 95.1 Å². The van der Waals surface area contributed by atoms with E-state index >= 15 is 0 Å². The van der Waals surface area contributed by atoms with Crippen molar-refractivity contribution in [1.82, 2.24) is 9.99 Å². The van der Waals surface area contributed by atoms with Crippen LogP contribution in [0.3, 0.4) is 0 Å². The molecule has 0 saturated heterocycles. The smallest absolute Gasteiger partial charge is 0.275 e. The Kier molecular flexibility index (Phi) is 5.54. The third-order valence-corrected chi connectivity index (χ3v) is 5.22. The van der Waals surface area contributed by atoms with Crippen LogP contribution in [-0.2, 0) is 0 Å². The van der Waals surface area contributed by atoms with Gasteiger partial charge >= 0.3 is 0 Å². The molecule has 0 fully saturated rings. The molecule has 156 valence electrons. The first kappa shape index (κ1) is 20.3. The zero-order chi connectivity index (χ0) is 22.0. The van der Waals surface area contributed by atoms with E-state index in [-0.39, 0.29) is 11.7 Å². The van der Waals surface area contributed by atoms with Gasteiger partial charge in [-0.3, -0.25) is 4.79 Å². The summed E-state index contributed by atoms with van der Waals surface area (Å²) in [6.07, 6.45) is 1.59. The molecule has 0 spiro atoms. The standard InChI is InChI=1S/C25H22FN3O2/c1-16-11-20(17(2)29(16)22-10-6-9-21(26)14-22)15-27-28-25(30)23-12-18-7-4-5-8-19(18)13-24(23)31-3/h4-15H,1-3H3,(H,28,30)/b27-15-. The van der Waals surface area contributed by atoms with Crippen molar-refractivity contribution in [1.29, 1.82) is 0 Å². The summed E-state index contributed by atoms with van der Waals surface area (Å²) in [6.45, 7) is 3.86. The van der Waals surface area contributed by atoms with Crippen molar-refractivity contribution in [3.8, 4) is 11.4 Å². The number of methoxy groups -OCH3 is 1. The molecular formula is C25H22FN3O2. The molecule has 31 heavy (non-hydrogen) atoms. The van der Waals surface area contributed by atoms with Crippen molar-refractivity contribution < 1.29 is 13.9 Å². The lowest BCUT2D eigenvalue weighted by Crippen LogP contribution is -2.18. The summed E-state index contributed by atoms with van der Waals surface area (Å²) in [5.41, 5.74) is 6.37. The number of carbonyl (C=O) groups excluding carboxylic acids is 1. The van der Waals surface area contributed by atoms with E-state index in [0.717, 1.165) is 33.4 Å². The van der Waals surface area contributed by atoms with Gasteiger partial charge in [0.25, 0.3) is 5.91 Å². The number of hydrogen-bond donors (Lipinski definition) is 1. The van der Waals surface area contributed by atoms with Gasteiger partial charge in [-0.05, 0) is 61.0 Å². The number of nitrogens with one attached hydrogen (secondary N) is 1. The second kappa shape index (κ2) is 8.44. The van der Waals surface area contributed by atoms with Gasteiger partial charge in [-0.1, -0.05) is 30.3 Å².